The summed E-state index contributed by atoms with van der Waals surface area (Å²) < 4.78 is 25.8. The Balaban J connectivity index is -0.000000500. The molecule has 0 rings (SSSR count). The van der Waals surface area contributed by atoms with E-state index >= 15 is 0 Å². The Bertz CT molecular complexity index is 215. The van der Waals surface area contributed by atoms with E-state index in [0.717, 1.165) is 0 Å². The summed E-state index contributed by atoms with van der Waals surface area (Å²) in [4.78, 5) is 0. The first kappa shape index (κ1) is 15.1. The van der Waals surface area contributed by atoms with Crippen molar-refractivity contribution < 1.29 is 48.7 Å². The van der Waals surface area contributed by atoms with E-state index in [1.807, 2.05) is 0 Å². The van der Waals surface area contributed by atoms with Crippen LogP contribution in [0.5, 0.6) is 0 Å². The van der Waals surface area contributed by atoms with E-state index in [2.05, 4.69) is 10.8 Å². The molecule has 1 atom stereocenters. The summed E-state index contributed by atoms with van der Waals surface area (Å²) >= 11 is 0. The fraction of sp³-hybridized carbons (Fsp3) is 0.667. The molecule has 6 heteroatoms. The second-order valence-electron chi connectivity index (χ2n) is 2.15. The largest absolute Gasteiger partial charge is 1.00 e. The minimum absolute atomic E-state index is 0. The molecule has 0 fully saturated rings. The van der Waals surface area contributed by atoms with Gasteiger partial charge in [-0.2, -0.15) is 8.42 Å². The fourth-order valence-electron chi connectivity index (χ4n) is 0.395. The van der Waals surface area contributed by atoms with Gasteiger partial charge in [-0.05, 0) is 6.92 Å². The summed E-state index contributed by atoms with van der Waals surface area (Å²) in [6.07, 6.45) is 0.465. The third-order valence-corrected chi connectivity index (χ3v) is 1.95. The maximum absolute atomic E-state index is 10.7. The molecule has 4 nitrogen and oxygen atoms in total. The van der Waals surface area contributed by atoms with Gasteiger partial charge in [-0.25, -0.2) is 0 Å². The Hall–Kier alpha value is 0.610. The molecule has 0 saturated heterocycles. The van der Waals surface area contributed by atoms with Crippen LogP contribution in [0.4, 0.5) is 0 Å². The summed E-state index contributed by atoms with van der Waals surface area (Å²) in [5.41, 5.74) is 0. The van der Waals surface area contributed by atoms with E-state index in [0.29, 0.717) is 0 Å². The van der Waals surface area contributed by atoms with Crippen molar-refractivity contribution in [2.45, 2.75) is 13.0 Å². The number of hydrogen-bond donors (Lipinski definition) is 1. The zero-order chi connectivity index (χ0) is 8.91. The van der Waals surface area contributed by atoms with Crippen LogP contribution in [0.3, 0.4) is 0 Å². The van der Waals surface area contributed by atoms with Crippen molar-refractivity contribution in [3.05, 3.63) is 12.7 Å². The smallest absolute Gasteiger partial charge is 1.00 e. The summed E-state index contributed by atoms with van der Waals surface area (Å²) in [5.74, 6) is -0.222. The van der Waals surface area contributed by atoms with Gasteiger partial charge in [0.2, 0.25) is 0 Å². The molecule has 12 heavy (non-hydrogen) atoms. The van der Waals surface area contributed by atoms with E-state index in [-0.39, 0.29) is 43.3 Å². The second-order valence-corrected chi connectivity index (χ2v) is 3.83. The van der Waals surface area contributed by atoms with Crippen LogP contribution < -0.4 is 29.6 Å². The van der Waals surface area contributed by atoms with E-state index in [1.165, 1.54) is 13.0 Å². The minimum Gasteiger partial charge on any atom is -1.00 e. The quantitative estimate of drug-likeness (QED) is 0.295. The van der Waals surface area contributed by atoms with Crippen molar-refractivity contribution in [3.63, 3.8) is 0 Å². The third-order valence-electron chi connectivity index (χ3n) is 0.811. The number of aliphatic hydroxyl groups excluding tert-OH is 1. The van der Waals surface area contributed by atoms with Gasteiger partial charge in [0.1, 0.15) is 0 Å². The molecule has 0 spiro atoms. The molecule has 1 N–H and O–H groups in total. The molecule has 0 aliphatic carbocycles. The Labute approximate surface area is 96.5 Å². The molecule has 68 valence electrons. The van der Waals surface area contributed by atoms with Crippen LogP contribution in [-0.2, 0) is 14.3 Å². The van der Waals surface area contributed by atoms with Crippen molar-refractivity contribution >= 4 is 10.1 Å². The van der Waals surface area contributed by atoms with Crippen molar-refractivity contribution in [1.29, 1.82) is 0 Å². The Morgan fingerprint density at radius 3 is 2.58 bits per heavy atom. The van der Waals surface area contributed by atoms with Gasteiger partial charge in [0.15, 0.2) is 0 Å². The van der Waals surface area contributed by atoms with Crippen molar-refractivity contribution in [2.24, 2.45) is 0 Å². The van der Waals surface area contributed by atoms with Crippen molar-refractivity contribution in [2.75, 3.05) is 12.4 Å². The van der Waals surface area contributed by atoms with Gasteiger partial charge in [0, 0.05) is 0 Å². The SMILES string of the molecule is C=CCS(=O)(=O)OCC(C)O.[H-].[Na+]. The molecule has 0 saturated carbocycles. The first-order valence-corrected chi connectivity index (χ1v) is 4.71. The van der Waals surface area contributed by atoms with Crippen LogP contribution in [0.15, 0.2) is 12.7 Å². The van der Waals surface area contributed by atoms with Gasteiger partial charge in [-0.15, -0.1) is 6.58 Å². The normalized spacial score (nSPS) is 13.2. The van der Waals surface area contributed by atoms with Crippen LogP contribution in [0.1, 0.15) is 8.35 Å². The third kappa shape index (κ3) is 8.70. The average molecular weight is 204 g/mol. The van der Waals surface area contributed by atoms with E-state index in [1.54, 1.807) is 0 Å². The minimum atomic E-state index is -3.50. The maximum Gasteiger partial charge on any atom is 1.00 e. The van der Waals surface area contributed by atoms with Gasteiger partial charge >= 0.3 is 29.6 Å². The molecule has 0 radical (unpaired) electrons. The first-order chi connectivity index (χ1) is 4.98. The summed E-state index contributed by atoms with van der Waals surface area (Å²) in [7, 11) is -3.50. The predicted octanol–water partition coefficient (Wildman–Crippen LogP) is -2.98. The maximum atomic E-state index is 10.7. The summed E-state index contributed by atoms with van der Waals surface area (Å²) in [5, 5.41) is 8.67. The molecular formula is C6H13NaO4S. The fourth-order valence-corrected chi connectivity index (χ4v) is 1.18. The molecular weight excluding hydrogens is 191 g/mol. The topological polar surface area (TPSA) is 63.6 Å². The van der Waals surface area contributed by atoms with Crippen LogP contribution in [0.2, 0.25) is 0 Å². The van der Waals surface area contributed by atoms with Gasteiger partial charge in [0.05, 0.1) is 18.5 Å². The van der Waals surface area contributed by atoms with E-state index in [9.17, 15) is 8.42 Å². The number of hydrogen-bond acceptors (Lipinski definition) is 4. The van der Waals surface area contributed by atoms with Crippen LogP contribution in [-0.4, -0.2) is 32.0 Å². The van der Waals surface area contributed by atoms with Crippen molar-refractivity contribution in [3.8, 4) is 0 Å². The first-order valence-electron chi connectivity index (χ1n) is 3.14. The molecule has 0 amide bonds. The van der Waals surface area contributed by atoms with Gasteiger partial charge in [0.25, 0.3) is 10.1 Å². The van der Waals surface area contributed by atoms with Crippen LogP contribution >= 0.6 is 0 Å². The molecule has 0 bridgehead atoms. The van der Waals surface area contributed by atoms with E-state index in [4.69, 9.17) is 5.11 Å². The molecule has 0 aromatic carbocycles. The number of aliphatic hydroxyl groups is 1. The summed E-state index contributed by atoms with van der Waals surface area (Å²) in [6, 6.07) is 0. The van der Waals surface area contributed by atoms with Crippen LogP contribution in [0.25, 0.3) is 0 Å². The molecule has 0 heterocycles. The van der Waals surface area contributed by atoms with Crippen molar-refractivity contribution in [1.82, 2.24) is 0 Å². The number of rotatable bonds is 5. The van der Waals surface area contributed by atoms with E-state index < -0.39 is 16.2 Å². The average Bonchev–Trinajstić information content (AvgIpc) is 1.84. The van der Waals surface area contributed by atoms with Crippen LogP contribution in [0, 0.1) is 0 Å². The Morgan fingerprint density at radius 2 is 2.25 bits per heavy atom. The van der Waals surface area contributed by atoms with Gasteiger partial charge < -0.3 is 6.53 Å². The Morgan fingerprint density at radius 1 is 1.75 bits per heavy atom. The predicted molar refractivity (Wildman–Crippen MR) is 42.7 cm³/mol. The standard InChI is InChI=1S/C6H12O4S.Na.H/c1-3-4-11(8,9)10-5-6(2)7;;/h3,6-7H,1,4-5H2,2H3;;/q;+1;-1. The summed E-state index contributed by atoms with van der Waals surface area (Å²) in [6.45, 7) is 4.50. The second kappa shape index (κ2) is 7.06. The van der Waals surface area contributed by atoms with Gasteiger partial charge in [-0.3, -0.25) is 4.18 Å². The van der Waals surface area contributed by atoms with Gasteiger partial charge in [-0.1, -0.05) is 6.08 Å². The molecule has 0 aromatic rings. The monoisotopic (exact) mass is 204 g/mol. The molecule has 1 unspecified atom stereocenters. The molecule has 0 aromatic heterocycles. The zero-order valence-corrected chi connectivity index (χ0v) is 10.2. The molecule has 0 aliphatic heterocycles. The Kier molecular flexibility index (Phi) is 8.88. The zero-order valence-electron chi connectivity index (χ0n) is 8.36. The molecule has 0 aliphatic rings.